The van der Waals surface area contributed by atoms with Crippen molar-refractivity contribution in [1.29, 1.82) is 0 Å². The molecule has 0 aliphatic carbocycles. The van der Waals surface area contributed by atoms with Gasteiger partial charge in [0.05, 0.1) is 28.7 Å². The van der Waals surface area contributed by atoms with Gasteiger partial charge in [-0.1, -0.05) is 12.1 Å². The van der Waals surface area contributed by atoms with E-state index in [9.17, 15) is 25.0 Å². The number of methoxy groups -OCH3 is 1. The van der Waals surface area contributed by atoms with E-state index in [0.29, 0.717) is 12.1 Å². The lowest BCUT2D eigenvalue weighted by molar-refractivity contribution is -0.684. The minimum Gasteiger partial charge on any atom is -0.494 e. The van der Waals surface area contributed by atoms with E-state index in [1.165, 1.54) is 37.4 Å². The number of nitro benzene ring substituents is 2. The zero-order valence-electron chi connectivity index (χ0n) is 16.6. The molecule has 1 aromatic heterocycles. The van der Waals surface area contributed by atoms with Gasteiger partial charge in [0.1, 0.15) is 5.75 Å². The third-order valence-corrected chi connectivity index (χ3v) is 4.51. The third kappa shape index (κ3) is 5.60. The van der Waals surface area contributed by atoms with Crippen molar-refractivity contribution in [2.45, 2.75) is 13.0 Å². The van der Waals surface area contributed by atoms with Crippen molar-refractivity contribution in [1.82, 2.24) is 0 Å². The van der Waals surface area contributed by atoms with Gasteiger partial charge in [-0.3, -0.25) is 25.0 Å². The molecule has 0 bridgehead atoms. The van der Waals surface area contributed by atoms with Crippen molar-refractivity contribution in [3.05, 3.63) is 98.3 Å². The Morgan fingerprint density at radius 2 is 1.52 bits per heavy atom. The van der Waals surface area contributed by atoms with E-state index in [2.05, 4.69) is 5.32 Å². The lowest BCUT2D eigenvalue weighted by Crippen LogP contribution is -2.39. The second-order valence-corrected chi connectivity index (χ2v) is 6.67. The summed E-state index contributed by atoms with van der Waals surface area (Å²) in [5, 5.41) is 24.3. The molecule has 0 atom stereocenters. The van der Waals surface area contributed by atoms with Crippen molar-refractivity contribution in [2.24, 2.45) is 0 Å². The molecule has 0 fully saturated rings. The molecule has 1 N–H and O–H groups in total. The first-order valence-corrected chi connectivity index (χ1v) is 9.19. The fourth-order valence-corrected chi connectivity index (χ4v) is 2.93. The average Bonchev–Trinajstić information content (AvgIpc) is 2.75. The largest absolute Gasteiger partial charge is 0.494 e. The first-order valence-electron chi connectivity index (χ1n) is 9.19. The number of anilines is 1. The zero-order chi connectivity index (χ0) is 22.4. The summed E-state index contributed by atoms with van der Waals surface area (Å²) in [7, 11) is 1.37. The van der Waals surface area contributed by atoms with Gasteiger partial charge in [-0.15, -0.1) is 0 Å². The maximum absolute atomic E-state index is 12.4. The number of hydrogen-bond acceptors (Lipinski definition) is 6. The Kier molecular flexibility index (Phi) is 6.51. The number of aromatic nitrogens is 1. The summed E-state index contributed by atoms with van der Waals surface area (Å²) in [5.41, 5.74) is 2.18. The first-order chi connectivity index (χ1) is 14.9. The Morgan fingerprint density at radius 1 is 0.935 bits per heavy atom. The number of benzene rings is 2. The smallest absolute Gasteiger partial charge is 0.290 e. The van der Waals surface area contributed by atoms with E-state index in [4.69, 9.17) is 4.74 Å². The summed E-state index contributed by atoms with van der Waals surface area (Å²) >= 11 is 0. The van der Waals surface area contributed by atoms with Gasteiger partial charge >= 0.3 is 0 Å². The summed E-state index contributed by atoms with van der Waals surface area (Å²) in [6.07, 6.45) is 4.12. The molecule has 2 aromatic carbocycles. The zero-order valence-corrected chi connectivity index (χ0v) is 16.6. The summed E-state index contributed by atoms with van der Waals surface area (Å²) in [4.78, 5) is 33.0. The Morgan fingerprint density at radius 3 is 2.10 bits per heavy atom. The van der Waals surface area contributed by atoms with Crippen LogP contribution in [0.15, 0.2) is 67.0 Å². The van der Waals surface area contributed by atoms with Crippen molar-refractivity contribution in [3.63, 3.8) is 0 Å². The molecule has 0 unspecified atom stereocenters. The maximum Gasteiger partial charge on any atom is 0.290 e. The third-order valence-electron chi connectivity index (χ3n) is 4.51. The number of non-ortho nitro benzene ring substituents is 2. The molecule has 0 radical (unpaired) electrons. The van der Waals surface area contributed by atoms with Crippen LogP contribution in [0.4, 0.5) is 17.1 Å². The Bertz CT molecular complexity index is 1110. The standard InChI is InChI=1S/C21H18N4O6/c1-31-20-13-18(25(29)30)6-7-19(20)22-21(26)14-23-10-8-16(9-11-23)12-15-2-4-17(5-3-15)24(27)28/h2-11,13H,12,14H2,1H3/p+1. The number of rotatable bonds is 8. The van der Waals surface area contributed by atoms with Crippen LogP contribution < -0.4 is 14.6 Å². The predicted molar refractivity (Wildman–Crippen MR) is 111 cm³/mol. The van der Waals surface area contributed by atoms with Crippen molar-refractivity contribution >= 4 is 23.0 Å². The number of pyridine rings is 1. The molecule has 0 aliphatic rings. The van der Waals surface area contributed by atoms with Crippen LogP contribution in [0.5, 0.6) is 5.75 Å². The van der Waals surface area contributed by atoms with Crippen LogP contribution in [-0.4, -0.2) is 22.9 Å². The van der Waals surface area contributed by atoms with Gasteiger partial charge < -0.3 is 10.1 Å². The number of carbonyl (C=O) groups excluding carboxylic acids is 1. The second kappa shape index (κ2) is 9.44. The van der Waals surface area contributed by atoms with Gasteiger partial charge in [0, 0.05) is 30.3 Å². The van der Waals surface area contributed by atoms with E-state index in [0.717, 1.165) is 11.1 Å². The van der Waals surface area contributed by atoms with Gasteiger partial charge in [-0.2, -0.15) is 4.57 Å². The molecule has 10 nitrogen and oxygen atoms in total. The number of nitrogens with one attached hydrogen (secondary N) is 1. The molecular weight excluding hydrogens is 404 g/mol. The molecule has 0 aliphatic heterocycles. The van der Waals surface area contributed by atoms with Crippen LogP contribution in [0.2, 0.25) is 0 Å². The van der Waals surface area contributed by atoms with Gasteiger partial charge in [-0.25, -0.2) is 0 Å². The molecule has 1 amide bonds. The molecule has 0 saturated carbocycles. The Balaban J connectivity index is 1.61. The van der Waals surface area contributed by atoms with Crippen molar-refractivity contribution < 1.29 is 23.9 Å². The van der Waals surface area contributed by atoms with Gasteiger partial charge in [-0.05, 0) is 23.6 Å². The van der Waals surface area contributed by atoms with E-state index in [1.807, 2.05) is 12.1 Å². The van der Waals surface area contributed by atoms with Crippen LogP contribution >= 0.6 is 0 Å². The lowest BCUT2D eigenvalue weighted by Gasteiger charge is -2.09. The highest BCUT2D eigenvalue weighted by atomic mass is 16.6. The minimum atomic E-state index is -0.539. The topological polar surface area (TPSA) is 128 Å². The molecule has 3 aromatic rings. The van der Waals surface area contributed by atoms with Crippen LogP contribution in [-0.2, 0) is 17.8 Å². The number of ether oxygens (including phenoxy) is 1. The number of carbonyl (C=O) groups is 1. The molecule has 10 heteroatoms. The predicted octanol–water partition coefficient (Wildman–Crippen LogP) is 3.03. The Hall–Kier alpha value is -4.34. The highest BCUT2D eigenvalue weighted by Gasteiger charge is 2.16. The van der Waals surface area contributed by atoms with E-state index in [-0.39, 0.29) is 29.6 Å². The van der Waals surface area contributed by atoms with Crippen LogP contribution in [0.1, 0.15) is 11.1 Å². The monoisotopic (exact) mass is 423 g/mol. The molecular formula is C21H19N4O6+. The van der Waals surface area contributed by atoms with Crippen LogP contribution in [0.25, 0.3) is 0 Å². The summed E-state index contributed by atoms with van der Waals surface area (Å²) in [6, 6.07) is 14.0. The molecule has 0 spiro atoms. The molecule has 158 valence electrons. The molecule has 3 rings (SSSR count). The summed E-state index contributed by atoms with van der Waals surface area (Å²) in [5.74, 6) is -0.119. The highest BCUT2D eigenvalue weighted by molar-refractivity contribution is 5.91. The van der Waals surface area contributed by atoms with Crippen LogP contribution in [0, 0.1) is 20.2 Å². The quantitative estimate of drug-likeness (QED) is 0.337. The second-order valence-electron chi connectivity index (χ2n) is 6.67. The van der Waals surface area contributed by atoms with Gasteiger partial charge in [0.2, 0.25) is 6.54 Å². The number of nitrogens with zero attached hydrogens (tertiary/aromatic N) is 3. The van der Waals surface area contributed by atoms with Gasteiger partial charge in [0.25, 0.3) is 17.3 Å². The summed E-state index contributed by atoms with van der Waals surface area (Å²) in [6.45, 7) is 0.0396. The Labute approximate surface area is 177 Å². The van der Waals surface area contributed by atoms with E-state index < -0.39 is 9.85 Å². The molecule has 31 heavy (non-hydrogen) atoms. The number of amides is 1. The SMILES string of the molecule is COc1cc([N+](=O)[O-])ccc1NC(=O)C[n+]1ccc(Cc2ccc([N+](=O)[O-])cc2)cc1. The van der Waals surface area contributed by atoms with E-state index >= 15 is 0 Å². The molecule has 0 saturated heterocycles. The number of hydrogen-bond donors (Lipinski definition) is 1. The maximum atomic E-state index is 12.4. The van der Waals surface area contributed by atoms with E-state index in [1.54, 1.807) is 29.1 Å². The molecule has 1 heterocycles. The fraction of sp³-hybridized carbons (Fsp3) is 0.143. The minimum absolute atomic E-state index is 0.0396. The first kappa shape index (κ1) is 21.4. The normalized spacial score (nSPS) is 10.4. The highest BCUT2D eigenvalue weighted by Crippen LogP contribution is 2.28. The average molecular weight is 423 g/mol. The van der Waals surface area contributed by atoms with Gasteiger partial charge in [0.15, 0.2) is 12.4 Å². The summed E-state index contributed by atoms with van der Waals surface area (Å²) < 4.78 is 6.80. The number of nitro groups is 2. The van der Waals surface area contributed by atoms with Crippen molar-refractivity contribution in [3.8, 4) is 5.75 Å². The van der Waals surface area contributed by atoms with Crippen molar-refractivity contribution in [2.75, 3.05) is 12.4 Å². The fourth-order valence-electron chi connectivity index (χ4n) is 2.93. The van der Waals surface area contributed by atoms with Crippen LogP contribution in [0.3, 0.4) is 0 Å². The lowest BCUT2D eigenvalue weighted by atomic mass is 10.1.